The summed E-state index contributed by atoms with van der Waals surface area (Å²) in [5, 5.41) is 2.95. The van der Waals surface area contributed by atoms with Crippen LogP contribution < -0.4 is 5.32 Å². The van der Waals surface area contributed by atoms with Crippen molar-refractivity contribution >= 4 is 17.6 Å². The van der Waals surface area contributed by atoms with Crippen molar-refractivity contribution in [3.8, 4) is 0 Å². The molecule has 2 aliphatic rings. The second-order valence-electron chi connectivity index (χ2n) is 6.52. The third kappa shape index (κ3) is 3.17. The molecule has 0 saturated carbocycles. The molecule has 3 amide bonds. The molecule has 0 spiro atoms. The van der Waals surface area contributed by atoms with Gasteiger partial charge in [0.2, 0.25) is 5.91 Å². The zero-order valence-electron chi connectivity index (χ0n) is 13.8. The lowest BCUT2D eigenvalue weighted by Crippen LogP contribution is -2.49. The van der Waals surface area contributed by atoms with Crippen LogP contribution in [0.5, 0.6) is 0 Å². The summed E-state index contributed by atoms with van der Waals surface area (Å²) < 4.78 is 5.87. The molecule has 2 heterocycles. The van der Waals surface area contributed by atoms with Crippen LogP contribution >= 0.6 is 0 Å². The molecular formula is C17H23N3O3. The van der Waals surface area contributed by atoms with Gasteiger partial charge < -0.3 is 19.9 Å². The van der Waals surface area contributed by atoms with Crippen molar-refractivity contribution in [3.05, 3.63) is 29.8 Å². The van der Waals surface area contributed by atoms with Crippen LogP contribution in [0.4, 0.5) is 10.5 Å². The first-order valence-electron chi connectivity index (χ1n) is 7.94. The molecule has 2 fully saturated rings. The van der Waals surface area contributed by atoms with Gasteiger partial charge in [-0.25, -0.2) is 4.79 Å². The van der Waals surface area contributed by atoms with E-state index >= 15 is 0 Å². The molecule has 6 heteroatoms. The largest absolute Gasteiger partial charge is 0.370 e. The third-order valence-corrected chi connectivity index (χ3v) is 4.59. The molecule has 3 atom stereocenters. The average Bonchev–Trinajstić information content (AvgIpc) is 2.82. The van der Waals surface area contributed by atoms with Crippen LogP contribution in [0, 0.1) is 12.8 Å². The molecule has 0 aromatic heterocycles. The number of carbonyl (C=O) groups is 2. The molecule has 2 aliphatic heterocycles. The number of likely N-dealkylation sites (tertiary alicyclic amines) is 1. The van der Waals surface area contributed by atoms with Gasteiger partial charge in [-0.15, -0.1) is 0 Å². The van der Waals surface area contributed by atoms with Gasteiger partial charge in [0.25, 0.3) is 0 Å². The molecule has 6 nitrogen and oxygen atoms in total. The van der Waals surface area contributed by atoms with E-state index in [2.05, 4.69) is 5.32 Å². The monoisotopic (exact) mass is 317 g/mol. The highest BCUT2D eigenvalue weighted by Gasteiger charge is 2.46. The molecule has 1 aromatic rings. The van der Waals surface area contributed by atoms with E-state index < -0.39 is 0 Å². The standard InChI is InChI=1S/C17H23N3O3/c1-11-6-4-5-7-14(11)18-17(22)20-9-12-8-13(15(10-20)23-12)16(21)19(2)3/h4-7,12-13,15H,8-10H2,1-3H3,(H,18,22). The van der Waals surface area contributed by atoms with Crippen molar-refractivity contribution in [1.82, 2.24) is 9.80 Å². The number of anilines is 1. The van der Waals surface area contributed by atoms with Crippen molar-refractivity contribution in [1.29, 1.82) is 0 Å². The zero-order chi connectivity index (χ0) is 16.6. The number of benzene rings is 1. The number of hydrogen-bond donors (Lipinski definition) is 1. The van der Waals surface area contributed by atoms with E-state index in [0.29, 0.717) is 19.5 Å². The number of urea groups is 1. The number of carbonyl (C=O) groups excluding carboxylic acids is 2. The maximum absolute atomic E-state index is 12.5. The average molecular weight is 317 g/mol. The molecule has 1 N–H and O–H groups in total. The number of ether oxygens (including phenoxy) is 1. The van der Waals surface area contributed by atoms with Gasteiger partial charge in [0, 0.05) is 32.9 Å². The van der Waals surface area contributed by atoms with Crippen molar-refractivity contribution in [3.63, 3.8) is 0 Å². The summed E-state index contributed by atoms with van der Waals surface area (Å²) in [6, 6.07) is 7.57. The second-order valence-corrected chi connectivity index (χ2v) is 6.52. The van der Waals surface area contributed by atoms with E-state index in [4.69, 9.17) is 4.74 Å². The summed E-state index contributed by atoms with van der Waals surface area (Å²) in [5.41, 5.74) is 1.84. The fourth-order valence-corrected chi connectivity index (χ4v) is 3.32. The van der Waals surface area contributed by atoms with E-state index in [0.717, 1.165) is 11.3 Å². The SMILES string of the molecule is Cc1ccccc1NC(=O)N1CC2CC(C(=O)N(C)C)C(C1)O2. The molecule has 23 heavy (non-hydrogen) atoms. The maximum Gasteiger partial charge on any atom is 0.322 e. The lowest BCUT2D eigenvalue weighted by molar-refractivity contribution is -0.135. The van der Waals surface area contributed by atoms with Crippen molar-refractivity contribution < 1.29 is 14.3 Å². The minimum Gasteiger partial charge on any atom is -0.370 e. The molecule has 124 valence electrons. The lowest BCUT2D eigenvalue weighted by Gasteiger charge is -2.33. The number of rotatable bonds is 2. The number of nitrogens with zero attached hydrogens (tertiary/aromatic N) is 2. The highest BCUT2D eigenvalue weighted by Crippen LogP contribution is 2.33. The molecule has 3 rings (SSSR count). The number of nitrogens with one attached hydrogen (secondary N) is 1. The number of para-hydroxylation sites is 1. The van der Waals surface area contributed by atoms with Crippen LogP contribution in [0.1, 0.15) is 12.0 Å². The first-order valence-corrected chi connectivity index (χ1v) is 7.94. The van der Waals surface area contributed by atoms with Gasteiger partial charge in [-0.3, -0.25) is 4.79 Å². The van der Waals surface area contributed by atoms with Crippen LogP contribution in [-0.2, 0) is 9.53 Å². The zero-order valence-corrected chi connectivity index (χ0v) is 13.8. The highest BCUT2D eigenvalue weighted by molar-refractivity contribution is 5.90. The van der Waals surface area contributed by atoms with Crippen LogP contribution in [0.15, 0.2) is 24.3 Å². The fourth-order valence-electron chi connectivity index (χ4n) is 3.32. The van der Waals surface area contributed by atoms with E-state index in [1.54, 1.807) is 23.9 Å². The topological polar surface area (TPSA) is 61.9 Å². The Balaban J connectivity index is 1.66. The Morgan fingerprint density at radius 1 is 1.26 bits per heavy atom. The van der Waals surface area contributed by atoms with E-state index in [1.165, 1.54) is 0 Å². The quantitative estimate of drug-likeness (QED) is 0.903. The summed E-state index contributed by atoms with van der Waals surface area (Å²) in [6.45, 7) is 2.95. The molecule has 3 unspecified atom stereocenters. The molecular weight excluding hydrogens is 294 g/mol. The first-order chi connectivity index (χ1) is 11.0. The summed E-state index contributed by atoms with van der Waals surface area (Å²) in [5.74, 6) is -0.0649. The number of aryl methyl sites for hydroxylation is 1. The minimum absolute atomic E-state index is 0.0507. The molecule has 0 aliphatic carbocycles. The van der Waals surface area contributed by atoms with Crippen LogP contribution in [-0.4, -0.2) is 61.1 Å². The van der Waals surface area contributed by atoms with E-state index in [9.17, 15) is 9.59 Å². The normalized spacial score (nSPS) is 26.0. The van der Waals surface area contributed by atoms with Gasteiger partial charge in [-0.05, 0) is 25.0 Å². The fraction of sp³-hybridized carbons (Fsp3) is 0.529. The van der Waals surface area contributed by atoms with Crippen molar-refractivity contribution in [2.24, 2.45) is 5.92 Å². The van der Waals surface area contributed by atoms with Gasteiger partial charge in [0.15, 0.2) is 0 Å². The van der Waals surface area contributed by atoms with Gasteiger partial charge in [-0.1, -0.05) is 18.2 Å². The molecule has 0 radical (unpaired) electrons. The van der Waals surface area contributed by atoms with Gasteiger partial charge in [0.05, 0.1) is 18.1 Å². The summed E-state index contributed by atoms with van der Waals surface area (Å²) in [6.07, 6.45) is 0.437. The predicted octanol–water partition coefficient (Wildman–Crippen LogP) is 1.70. The Labute approximate surface area is 136 Å². The Hall–Kier alpha value is -2.08. The van der Waals surface area contributed by atoms with E-state index in [-0.39, 0.29) is 30.1 Å². The van der Waals surface area contributed by atoms with Gasteiger partial charge in [0.1, 0.15) is 0 Å². The van der Waals surface area contributed by atoms with Crippen molar-refractivity contribution in [2.45, 2.75) is 25.6 Å². The number of amides is 3. The number of hydrogen-bond acceptors (Lipinski definition) is 3. The van der Waals surface area contributed by atoms with Crippen LogP contribution in [0.25, 0.3) is 0 Å². The number of fused-ring (bicyclic) bond motifs is 2. The Morgan fingerprint density at radius 3 is 2.70 bits per heavy atom. The second kappa shape index (κ2) is 6.20. The third-order valence-electron chi connectivity index (χ3n) is 4.59. The first kappa shape index (κ1) is 15.8. The van der Waals surface area contributed by atoms with Gasteiger partial charge in [-0.2, -0.15) is 0 Å². The predicted molar refractivity (Wildman–Crippen MR) is 87.2 cm³/mol. The Kier molecular flexibility index (Phi) is 4.26. The van der Waals surface area contributed by atoms with Gasteiger partial charge >= 0.3 is 6.03 Å². The summed E-state index contributed by atoms with van der Waals surface area (Å²) in [4.78, 5) is 28.1. The Morgan fingerprint density at radius 2 is 2.00 bits per heavy atom. The lowest BCUT2D eigenvalue weighted by atomic mass is 9.99. The smallest absolute Gasteiger partial charge is 0.322 e. The van der Waals surface area contributed by atoms with Crippen LogP contribution in [0.2, 0.25) is 0 Å². The summed E-state index contributed by atoms with van der Waals surface area (Å²) in [7, 11) is 3.51. The Bertz CT molecular complexity index is 617. The van der Waals surface area contributed by atoms with E-state index in [1.807, 2.05) is 31.2 Å². The summed E-state index contributed by atoms with van der Waals surface area (Å²) >= 11 is 0. The van der Waals surface area contributed by atoms with Crippen LogP contribution in [0.3, 0.4) is 0 Å². The maximum atomic E-state index is 12.5. The highest BCUT2D eigenvalue weighted by atomic mass is 16.5. The number of morpholine rings is 1. The van der Waals surface area contributed by atoms with Crippen molar-refractivity contribution in [2.75, 3.05) is 32.5 Å². The molecule has 1 aromatic carbocycles. The minimum atomic E-state index is -0.203. The molecule has 2 saturated heterocycles. The molecule has 2 bridgehead atoms.